The molecule has 0 bridgehead atoms. The fourth-order valence-corrected chi connectivity index (χ4v) is 6.34. The SMILES string of the molecule is CC/C=C\C/C=C\C/C=C\C/C=C\C=C/C(O)C/C=C\CCC(=O)OC[C@H](COP(=O)(O)OCC[N+](C)(C)C)OC(=O)CCCCCCCCCCCCCCCC. The zero-order valence-corrected chi connectivity index (χ0v) is 38.0. The molecule has 0 aromatic carbocycles. The van der Waals surface area contributed by atoms with Crippen LogP contribution in [0.4, 0.5) is 0 Å². The van der Waals surface area contributed by atoms with Gasteiger partial charge in [0.2, 0.25) is 0 Å². The fraction of sp³-hybridized carbons (Fsp3) is 0.702. The number of ether oxygens (including phenoxy) is 2. The largest absolute Gasteiger partial charge is 0.472 e. The van der Waals surface area contributed by atoms with Gasteiger partial charge in [-0.25, -0.2) is 4.57 Å². The molecule has 2 N–H and O–H groups in total. The summed E-state index contributed by atoms with van der Waals surface area (Å²) in [6.07, 6.45) is 44.1. The Bertz CT molecular complexity index is 1230. The third kappa shape index (κ3) is 41.6. The summed E-state index contributed by atoms with van der Waals surface area (Å²) >= 11 is 0. The van der Waals surface area contributed by atoms with Crippen LogP contribution in [0.2, 0.25) is 0 Å². The monoisotopic (exact) mass is 837 g/mol. The van der Waals surface area contributed by atoms with Crippen LogP contribution in [0.1, 0.15) is 155 Å². The molecular formula is C47H83NO9P+. The number of phosphoric acid groups is 1. The van der Waals surface area contributed by atoms with E-state index in [1.54, 1.807) is 12.2 Å². The zero-order chi connectivity index (χ0) is 43.0. The Labute approximate surface area is 353 Å². The van der Waals surface area contributed by atoms with Crippen LogP contribution in [-0.4, -0.2) is 86.1 Å². The molecule has 0 heterocycles. The maximum Gasteiger partial charge on any atom is 0.472 e. The minimum absolute atomic E-state index is 0.00195. The van der Waals surface area contributed by atoms with Crippen molar-refractivity contribution in [2.24, 2.45) is 0 Å². The number of unbranched alkanes of at least 4 members (excludes halogenated alkanes) is 13. The lowest BCUT2D eigenvalue weighted by atomic mass is 10.0. The zero-order valence-electron chi connectivity index (χ0n) is 37.1. The third-order valence-corrected chi connectivity index (χ3v) is 10.1. The highest BCUT2D eigenvalue weighted by Gasteiger charge is 2.27. The molecule has 11 heteroatoms. The number of quaternary nitrogens is 1. The number of esters is 2. The minimum atomic E-state index is -4.42. The van der Waals surface area contributed by atoms with Gasteiger partial charge in [0, 0.05) is 12.8 Å². The molecule has 0 rings (SSSR count). The maximum atomic E-state index is 12.7. The molecule has 10 nitrogen and oxygen atoms in total. The first kappa shape index (κ1) is 55.4. The first-order valence-corrected chi connectivity index (χ1v) is 23.8. The lowest BCUT2D eigenvalue weighted by Gasteiger charge is -2.24. The van der Waals surface area contributed by atoms with Crippen LogP contribution in [-0.2, 0) is 32.7 Å². The molecule has 0 aliphatic carbocycles. The highest BCUT2D eigenvalue weighted by Crippen LogP contribution is 2.43. The second-order valence-corrected chi connectivity index (χ2v) is 17.4. The van der Waals surface area contributed by atoms with E-state index < -0.39 is 38.6 Å². The molecule has 0 aromatic heterocycles. The van der Waals surface area contributed by atoms with Gasteiger partial charge in [0.1, 0.15) is 19.8 Å². The Kier molecular flexibility index (Phi) is 36.9. The van der Waals surface area contributed by atoms with E-state index in [0.717, 1.165) is 44.9 Å². The number of carbonyl (C=O) groups is 2. The second-order valence-electron chi connectivity index (χ2n) is 15.9. The van der Waals surface area contributed by atoms with Crippen molar-refractivity contribution in [1.29, 1.82) is 0 Å². The highest BCUT2D eigenvalue weighted by molar-refractivity contribution is 7.47. The molecule has 0 aromatic rings. The van der Waals surface area contributed by atoms with Gasteiger partial charge in [-0.3, -0.25) is 18.6 Å². The summed E-state index contributed by atoms with van der Waals surface area (Å²) in [6.45, 7) is 4.09. The molecule has 2 unspecified atom stereocenters. The van der Waals surface area contributed by atoms with Gasteiger partial charge in [0.05, 0.1) is 33.9 Å². The van der Waals surface area contributed by atoms with Gasteiger partial charge in [-0.15, -0.1) is 0 Å². The van der Waals surface area contributed by atoms with E-state index in [4.69, 9.17) is 18.5 Å². The van der Waals surface area contributed by atoms with Crippen molar-refractivity contribution < 1.29 is 47.2 Å². The fourth-order valence-electron chi connectivity index (χ4n) is 5.59. The van der Waals surface area contributed by atoms with Crippen LogP contribution in [0.3, 0.4) is 0 Å². The Morgan fingerprint density at radius 3 is 1.76 bits per heavy atom. The minimum Gasteiger partial charge on any atom is -0.462 e. The number of phosphoric ester groups is 1. The van der Waals surface area contributed by atoms with Gasteiger partial charge in [-0.2, -0.15) is 0 Å². The first-order chi connectivity index (χ1) is 27.9. The number of hydrogen-bond donors (Lipinski definition) is 2. The molecule has 0 aliphatic rings. The van der Waals surface area contributed by atoms with Gasteiger partial charge in [0.15, 0.2) is 6.10 Å². The molecule has 0 fully saturated rings. The van der Waals surface area contributed by atoms with Crippen LogP contribution < -0.4 is 0 Å². The Balaban J connectivity index is 4.57. The van der Waals surface area contributed by atoms with Crippen molar-refractivity contribution in [3.63, 3.8) is 0 Å². The number of nitrogens with zero attached hydrogens (tertiary/aromatic N) is 1. The van der Waals surface area contributed by atoms with Gasteiger partial charge >= 0.3 is 19.8 Å². The van der Waals surface area contributed by atoms with Crippen LogP contribution >= 0.6 is 7.82 Å². The lowest BCUT2D eigenvalue weighted by Crippen LogP contribution is -2.37. The van der Waals surface area contributed by atoms with Gasteiger partial charge in [-0.1, -0.05) is 170 Å². The molecule has 0 saturated carbocycles. The van der Waals surface area contributed by atoms with E-state index in [2.05, 4.69) is 50.3 Å². The summed E-state index contributed by atoms with van der Waals surface area (Å²) in [4.78, 5) is 35.4. The number of carbonyl (C=O) groups excluding carboxylic acids is 2. The predicted molar refractivity (Wildman–Crippen MR) is 239 cm³/mol. The Morgan fingerprint density at radius 2 is 1.19 bits per heavy atom. The van der Waals surface area contributed by atoms with E-state index >= 15 is 0 Å². The quantitative estimate of drug-likeness (QED) is 0.0155. The molecule has 0 saturated heterocycles. The number of likely N-dealkylation sites (N-methyl/N-ethyl adjacent to an activating group) is 1. The van der Waals surface area contributed by atoms with E-state index in [1.165, 1.54) is 64.2 Å². The molecule has 334 valence electrons. The normalized spacial score (nSPS) is 14.8. The molecule has 0 spiro atoms. The molecular weight excluding hydrogens is 753 g/mol. The number of hydrogen-bond acceptors (Lipinski definition) is 8. The first-order valence-electron chi connectivity index (χ1n) is 22.3. The van der Waals surface area contributed by atoms with E-state index in [-0.39, 0.29) is 26.1 Å². The van der Waals surface area contributed by atoms with Crippen molar-refractivity contribution in [3.05, 3.63) is 72.9 Å². The van der Waals surface area contributed by atoms with Crippen LogP contribution in [0, 0.1) is 0 Å². The summed E-state index contributed by atoms with van der Waals surface area (Å²) < 4.78 is 34.1. The molecule has 0 radical (unpaired) electrons. The summed E-state index contributed by atoms with van der Waals surface area (Å²) in [5.41, 5.74) is 0. The summed E-state index contributed by atoms with van der Waals surface area (Å²) in [5.74, 6) is -0.983. The maximum absolute atomic E-state index is 12.7. The van der Waals surface area contributed by atoms with Gasteiger partial charge in [0.25, 0.3) is 0 Å². The van der Waals surface area contributed by atoms with Crippen molar-refractivity contribution in [1.82, 2.24) is 0 Å². The lowest BCUT2D eigenvalue weighted by molar-refractivity contribution is -0.870. The van der Waals surface area contributed by atoms with Crippen LogP contribution in [0.5, 0.6) is 0 Å². The van der Waals surface area contributed by atoms with Crippen molar-refractivity contribution in [2.75, 3.05) is 47.5 Å². The average molecular weight is 837 g/mol. The van der Waals surface area contributed by atoms with E-state index in [9.17, 15) is 24.2 Å². The number of aliphatic hydroxyl groups excluding tert-OH is 1. The molecule has 58 heavy (non-hydrogen) atoms. The average Bonchev–Trinajstić information content (AvgIpc) is 3.17. The summed E-state index contributed by atoms with van der Waals surface area (Å²) in [6, 6.07) is 0. The predicted octanol–water partition coefficient (Wildman–Crippen LogP) is 11.6. The highest BCUT2D eigenvalue weighted by atomic mass is 31.2. The van der Waals surface area contributed by atoms with Crippen molar-refractivity contribution in [2.45, 2.75) is 167 Å². The van der Waals surface area contributed by atoms with E-state index in [0.29, 0.717) is 30.3 Å². The Hall–Kier alpha value is -2.59. The molecule has 3 atom stereocenters. The standard InChI is InChI=1S/C47H82NO9P/c1-6-8-10-12-14-16-18-20-22-24-26-28-30-34-39-47(51)57-45(43-56-58(52,53)55-41-40-48(3,4)5)42-54-46(50)38-35-31-33-37-44(49)36-32-29-27-25-23-21-19-17-15-13-11-9-7-2/h9,11,15,17,21,23,27,29,31-33,36,44-45,49H,6-8,10,12-14,16,18-20,22,24-26,28,30,34-35,37-43H2,1-5H3/p+1/b11-9-,17-15-,23-21-,29-27-,33-31-,36-32-/t44?,45-/m1/s1. The Morgan fingerprint density at radius 1 is 0.638 bits per heavy atom. The van der Waals surface area contributed by atoms with Crippen LogP contribution in [0.15, 0.2) is 72.9 Å². The molecule has 0 amide bonds. The van der Waals surface area contributed by atoms with Crippen molar-refractivity contribution in [3.8, 4) is 0 Å². The second kappa shape index (κ2) is 38.6. The van der Waals surface area contributed by atoms with Crippen molar-refractivity contribution >= 4 is 19.8 Å². The smallest absolute Gasteiger partial charge is 0.462 e. The third-order valence-electron chi connectivity index (χ3n) is 9.09. The molecule has 0 aliphatic heterocycles. The van der Waals surface area contributed by atoms with Gasteiger partial charge in [-0.05, 0) is 44.9 Å². The van der Waals surface area contributed by atoms with Gasteiger partial charge < -0.3 is 24.0 Å². The number of allylic oxidation sites excluding steroid dienone is 10. The summed E-state index contributed by atoms with van der Waals surface area (Å²) in [5, 5.41) is 10.2. The van der Waals surface area contributed by atoms with Crippen LogP contribution in [0.25, 0.3) is 0 Å². The number of aliphatic hydroxyl groups is 1. The summed E-state index contributed by atoms with van der Waals surface area (Å²) in [7, 11) is 1.38. The topological polar surface area (TPSA) is 129 Å². The van der Waals surface area contributed by atoms with E-state index in [1.807, 2.05) is 45.4 Å². The number of rotatable bonds is 39.